The van der Waals surface area contributed by atoms with Gasteiger partial charge >= 0.3 is 0 Å². The minimum absolute atomic E-state index is 0.745. The van der Waals surface area contributed by atoms with Gasteiger partial charge in [-0.15, -0.1) is 0 Å². The lowest BCUT2D eigenvalue weighted by molar-refractivity contribution is 0.524. The van der Waals surface area contributed by atoms with Gasteiger partial charge in [0, 0.05) is 28.7 Å². The zero-order chi connectivity index (χ0) is 10.8. The smallest absolute Gasteiger partial charge is 0.0481 e. The Balaban J connectivity index is 2.29. The Labute approximate surface area is 95.7 Å². The number of aryl methyl sites for hydroxylation is 1. The summed E-state index contributed by atoms with van der Waals surface area (Å²) in [6, 6.07) is 8.19. The van der Waals surface area contributed by atoms with Gasteiger partial charge in [0.05, 0.1) is 0 Å². The molecule has 80 valence electrons. The third-order valence-corrected chi connectivity index (χ3v) is 2.92. The molecule has 0 aliphatic carbocycles. The average molecular weight is 222 g/mol. The Morgan fingerprint density at radius 1 is 1.27 bits per heavy atom. The minimum atomic E-state index is 0.745. The molecule has 0 atom stereocenters. The van der Waals surface area contributed by atoms with Crippen molar-refractivity contribution in [3.8, 4) is 0 Å². The summed E-state index contributed by atoms with van der Waals surface area (Å²) >= 11 is 5.95. The van der Waals surface area contributed by atoms with Crippen molar-refractivity contribution in [3.05, 3.63) is 35.5 Å². The fraction of sp³-hybridized carbons (Fsp3) is 0.385. The van der Waals surface area contributed by atoms with Crippen LogP contribution in [0.25, 0.3) is 10.9 Å². The molecular formula is C13H16ClN. The highest BCUT2D eigenvalue weighted by molar-refractivity contribution is 6.31. The predicted octanol–water partition coefficient (Wildman–Crippen LogP) is 4.34. The van der Waals surface area contributed by atoms with Crippen LogP contribution in [-0.4, -0.2) is 4.57 Å². The minimum Gasteiger partial charge on any atom is -0.347 e. The molecule has 15 heavy (non-hydrogen) atoms. The van der Waals surface area contributed by atoms with Crippen molar-refractivity contribution in [1.29, 1.82) is 0 Å². The van der Waals surface area contributed by atoms with E-state index in [2.05, 4.69) is 36.7 Å². The summed E-state index contributed by atoms with van der Waals surface area (Å²) in [6.45, 7) is 5.59. The predicted molar refractivity (Wildman–Crippen MR) is 66.4 cm³/mol. The standard InChI is InChI=1S/C13H16ClN/c1-10(2)5-7-15-8-6-11-9-12(14)3-4-13(11)15/h3-4,6,8-10H,5,7H2,1-2H3. The molecule has 0 amide bonds. The fourth-order valence-corrected chi connectivity index (χ4v) is 1.94. The van der Waals surface area contributed by atoms with Gasteiger partial charge in [-0.1, -0.05) is 25.4 Å². The molecular weight excluding hydrogens is 206 g/mol. The molecule has 0 radical (unpaired) electrons. The van der Waals surface area contributed by atoms with Gasteiger partial charge in [0.15, 0.2) is 0 Å². The van der Waals surface area contributed by atoms with Crippen LogP contribution in [0.4, 0.5) is 0 Å². The molecule has 0 saturated carbocycles. The van der Waals surface area contributed by atoms with E-state index in [9.17, 15) is 0 Å². The lowest BCUT2D eigenvalue weighted by Gasteiger charge is -2.07. The van der Waals surface area contributed by atoms with Gasteiger partial charge in [-0.3, -0.25) is 0 Å². The lowest BCUT2D eigenvalue weighted by atomic mass is 10.1. The van der Waals surface area contributed by atoms with Crippen LogP contribution in [0.5, 0.6) is 0 Å². The van der Waals surface area contributed by atoms with Crippen LogP contribution in [0.2, 0.25) is 5.02 Å². The Hall–Kier alpha value is -0.950. The van der Waals surface area contributed by atoms with E-state index in [1.54, 1.807) is 0 Å². The summed E-state index contributed by atoms with van der Waals surface area (Å²) in [5, 5.41) is 2.04. The Morgan fingerprint density at radius 3 is 2.80 bits per heavy atom. The summed E-state index contributed by atoms with van der Waals surface area (Å²) in [4.78, 5) is 0. The highest BCUT2D eigenvalue weighted by Crippen LogP contribution is 2.21. The summed E-state index contributed by atoms with van der Waals surface area (Å²) in [7, 11) is 0. The van der Waals surface area contributed by atoms with Gasteiger partial charge in [0.2, 0.25) is 0 Å². The molecule has 2 aromatic rings. The van der Waals surface area contributed by atoms with Crippen molar-refractivity contribution in [2.75, 3.05) is 0 Å². The molecule has 0 N–H and O–H groups in total. The molecule has 0 unspecified atom stereocenters. The topological polar surface area (TPSA) is 4.93 Å². The van der Waals surface area contributed by atoms with Crippen LogP contribution in [0.1, 0.15) is 20.3 Å². The molecule has 1 nitrogen and oxygen atoms in total. The second kappa shape index (κ2) is 4.28. The Bertz CT molecular complexity index is 457. The summed E-state index contributed by atoms with van der Waals surface area (Å²) < 4.78 is 2.30. The van der Waals surface area contributed by atoms with Gasteiger partial charge in [0.25, 0.3) is 0 Å². The maximum Gasteiger partial charge on any atom is 0.0481 e. The van der Waals surface area contributed by atoms with Crippen molar-refractivity contribution >= 4 is 22.5 Å². The SMILES string of the molecule is CC(C)CCn1ccc2cc(Cl)ccc21. The molecule has 1 heterocycles. The molecule has 0 bridgehead atoms. The third-order valence-electron chi connectivity index (χ3n) is 2.68. The van der Waals surface area contributed by atoms with Gasteiger partial charge in [-0.05, 0) is 36.6 Å². The van der Waals surface area contributed by atoms with Crippen LogP contribution >= 0.6 is 11.6 Å². The number of hydrogen-bond acceptors (Lipinski definition) is 0. The maximum absolute atomic E-state index is 5.95. The van der Waals surface area contributed by atoms with Crippen LogP contribution in [0, 0.1) is 5.92 Å². The van der Waals surface area contributed by atoms with E-state index in [-0.39, 0.29) is 0 Å². The second-order valence-corrected chi connectivity index (χ2v) is 4.83. The molecule has 0 aliphatic heterocycles. The summed E-state index contributed by atoms with van der Waals surface area (Å²) in [6.07, 6.45) is 3.36. The number of halogens is 1. The number of hydrogen-bond donors (Lipinski definition) is 0. The first-order chi connectivity index (χ1) is 7.16. The first kappa shape index (κ1) is 10.6. The lowest BCUT2D eigenvalue weighted by Crippen LogP contribution is -1.99. The quantitative estimate of drug-likeness (QED) is 0.727. The van der Waals surface area contributed by atoms with E-state index in [0.717, 1.165) is 17.5 Å². The molecule has 1 aromatic heterocycles. The number of fused-ring (bicyclic) bond motifs is 1. The van der Waals surface area contributed by atoms with Crippen molar-refractivity contribution in [2.45, 2.75) is 26.8 Å². The summed E-state index contributed by atoms with van der Waals surface area (Å²) in [5.74, 6) is 0.745. The number of nitrogens with zero attached hydrogens (tertiary/aromatic N) is 1. The molecule has 0 saturated heterocycles. The largest absolute Gasteiger partial charge is 0.347 e. The molecule has 0 spiro atoms. The molecule has 0 aliphatic rings. The van der Waals surface area contributed by atoms with Crippen molar-refractivity contribution in [1.82, 2.24) is 4.57 Å². The summed E-state index contributed by atoms with van der Waals surface area (Å²) in [5.41, 5.74) is 1.28. The Kier molecular flexibility index (Phi) is 3.01. The van der Waals surface area contributed by atoms with Crippen molar-refractivity contribution in [3.63, 3.8) is 0 Å². The third kappa shape index (κ3) is 2.35. The zero-order valence-corrected chi connectivity index (χ0v) is 9.96. The highest BCUT2D eigenvalue weighted by Gasteiger charge is 2.02. The van der Waals surface area contributed by atoms with Crippen LogP contribution in [0.3, 0.4) is 0 Å². The normalized spacial score (nSPS) is 11.5. The van der Waals surface area contributed by atoms with E-state index in [1.807, 2.05) is 12.1 Å². The Morgan fingerprint density at radius 2 is 2.07 bits per heavy atom. The number of aromatic nitrogens is 1. The van der Waals surface area contributed by atoms with Crippen LogP contribution in [-0.2, 0) is 6.54 Å². The molecule has 2 rings (SSSR count). The second-order valence-electron chi connectivity index (χ2n) is 4.39. The zero-order valence-electron chi connectivity index (χ0n) is 9.20. The maximum atomic E-state index is 5.95. The molecule has 2 heteroatoms. The van der Waals surface area contributed by atoms with Gasteiger partial charge in [-0.2, -0.15) is 0 Å². The first-order valence-electron chi connectivity index (χ1n) is 5.41. The van der Waals surface area contributed by atoms with Gasteiger partial charge in [0.1, 0.15) is 0 Å². The van der Waals surface area contributed by atoms with Gasteiger partial charge < -0.3 is 4.57 Å². The van der Waals surface area contributed by atoms with E-state index >= 15 is 0 Å². The monoisotopic (exact) mass is 221 g/mol. The molecule has 0 fully saturated rings. The number of rotatable bonds is 3. The fourth-order valence-electron chi connectivity index (χ4n) is 1.76. The van der Waals surface area contributed by atoms with E-state index in [1.165, 1.54) is 17.3 Å². The van der Waals surface area contributed by atoms with Crippen LogP contribution in [0.15, 0.2) is 30.5 Å². The van der Waals surface area contributed by atoms with Crippen LogP contribution < -0.4 is 0 Å². The highest BCUT2D eigenvalue weighted by atomic mass is 35.5. The average Bonchev–Trinajstić information content (AvgIpc) is 2.57. The van der Waals surface area contributed by atoms with Gasteiger partial charge in [-0.25, -0.2) is 0 Å². The van der Waals surface area contributed by atoms with E-state index in [4.69, 9.17) is 11.6 Å². The van der Waals surface area contributed by atoms with Crippen molar-refractivity contribution in [2.24, 2.45) is 5.92 Å². The van der Waals surface area contributed by atoms with E-state index in [0.29, 0.717) is 0 Å². The number of benzene rings is 1. The molecule has 1 aromatic carbocycles. The first-order valence-corrected chi connectivity index (χ1v) is 5.79. The van der Waals surface area contributed by atoms with Crippen molar-refractivity contribution < 1.29 is 0 Å². The van der Waals surface area contributed by atoms with E-state index < -0.39 is 0 Å².